The summed E-state index contributed by atoms with van der Waals surface area (Å²) in [5.74, 6) is -0.471. The third-order valence-corrected chi connectivity index (χ3v) is 6.77. The lowest BCUT2D eigenvalue weighted by atomic mass is 9.87. The summed E-state index contributed by atoms with van der Waals surface area (Å²) in [5.41, 5.74) is 0.475. The summed E-state index contributed by atoms with van der Waals surface area (Å²) in [7, 11) is 0. The van der Waals surface area contributed by atoms with Crippen LogP contribution >= 0.6 is 11.6 Å². The Morgan fingerprint density at radius 2 is 1.57 bits per heavy atom. The Hall–Kier alpha value is -3.59. The van der Waals surface area contributed by atoms with Crippen molar-refractivity contribution in [1.29, 1.82) is 0 Å². The lowest BCUT2D eigenvalue weighted by molar-refractivity contribution is -0.143. The molecular weight excluding hydrogens is 540 g/mol. The molecule has 0 aliphatic heterocycles. The molecule has 2 aromatic carbocycles. The molecule has 216 valence electrons. The van der Waals surface area contributed by atoms with Gasteiger partial charge in [0, 0.05) is 5.88 Å². The summed E-state index contributed by atoms with van der Waals surface area (Å²) in [5, 5.41) is 9.58. The molecule has 10 heteroatoms. The Labute approximate surface area is 238 Å². The predicted molar refractivity (Wildman–Crippen MR) is 147 cm³/mol. The topological polar surface area (TPSA) is 125 Å². The number of alkyl halides is 1. The maximum atomic E-state index is 12.6. The van der Waals surface area contributed by atoms with Gasteiger partial charge in [0.1, 0.15) is 23.4 Å². The Balaban J connectivity index is 1.31. The minimum absolute atomic E-state index is 0.0487. The van der Waals surface area contributed by atoms with Crippen LogP contribution in [0.25, 0.3) is 0 Å². The van der Waals surface area contributed by atoms with E-state index in [9.17, 15) is 24.3 Å². The van der Waals surface area contributed by atoms with Crippen LogP contribution in [0.3, 0.4) is 0 Å². The SMILES string of the molecule is O=Cc1cc(OC(=O)C2CCC(OC(=O)c3ccc(OCCCCCCOC(=O)CCCl)cc3)CC2)ccc1O. The highest BCUT2D eigenvalue weighted by atomic mass is 35.5. The quantitative estimate of drug-likeness (QED) is 0.0945. The first-order valence-electron chi connectivity index (χ1n) is 13.5. The van der Waals surface area contributed by atoms with Gasteiger partial charge in [0.25, 0.3) is 0 Å². The molecule has 2 aromatic rings. The van der Waals surface area contributed by atoms with E-state index in [-0.39, 0.29) is 47.4 Å². The number of unbranched alkanes of at least 4 members (excludes halogenated alkanes) is 3. The van der Waals surface area contributed by atoms with Crippen molar-refractivity contribution in [1.82, 2.24) is 0 Å². The minimum Gasteiger partial charge on any atom is -0.507 e. The van der Waals surface area contributed by atoms with Crippen LogP contribution in [0.2, 0.25) is 0 Å². The average Bonchev–Trinajstić information content (AvgIpc) is 2.96. The van der Waals surface area contributed by atoms with Gasteiger partial charge < -0.3 is 24.1 Å². The molecule has 0 heterocycles. The third-order valence-electron chi connectivity index (χ3n) is 6.58. The van der Waals surface area contributed by atoms with Crippen molar-refractivity contribution in [2.24, 2.45) is 5.92 Å². The number of esters is 3. The number of benzene rings is 2. The fraction of sp³-hybridized carbons (Fsp3) is 0.467. The molecule has 0 aromatic heterocycles. The molecule has 0 spiro atoms. The first-order valence-corrected chi connectivity index (χ1v) is 14.1. The number of aldehydes is 1. The molecule has 1 fully saturated rings. The third kappa shape index (κ3) is 10.2. The highest BCUT2D eigenvalue weighted by Gasteiger charge is 2.30. The van der Waals surface area contributed by atoms with Crippen molar-refractivity contribution in [3.63, 3.8) is 0 Å². The van der Waals surface area contributed by atoms with E-state index in [2.05, 4.69) is 0 Å². The molecule has 40 heavy (non-hydrogen) atoms. The van der Waals surface area contributed by atoms with Gasteiger partial charge in [-0.3, -0.25) is 14.4 Å². The number of carbonyl (C=O) groups excluding carboxylic acids is 4. The lowest BCUT2D eigenvalue weighted by Gasteiger charge is -2.27. The lowest BCUT2D eigenvalue weighted by Crippen LogP contribution is -2.30. The van der Waals surface area contributed by atoms with E-state index in [1.165, 1.54) is 18.2 Å². The van der Waals surface area contributed by atoms with Crippen LogP contribution in [0.5, 0.6) is 17.2 Å². The Morgan fingerprint density at radius 3 is 2.25 bits per heavy atom. The second kappa shape index (κ2) is 16.5. The molecule has 0 unspecified atom stereocenters. The van der Waals surface area contributed by atoms with E-state index in [1.54, 1.807) is 24.3 Å². The number of halogens is 1. The molecule has 1 saturated carbocycles. The molecule has 9 nitrogen and oxygen atoms in total. The summed E-state index contributed by atoms with van der Waals surface area (Å²) >= 11 is 5.49. The first-order chi connectivity index (χ1) is 19.4. The zero-order valence-electron chi connectivity index (χ0n) is 22.3. The minimum atomic E-state index is -0.421. The van der Waals surface area contributed by atoms with Crippen molar-refractivity contribution in [2.75, 3.05) is 19.1 Å². The highest BCUT2D eigenvalue weighted by molar-refractivity contribution is 6.18. The van der Waals surface area contributed by atoms with Gasteiger partial charge in [-0.1, -0.05) is 0 Å². The largest absolute Gasteiger partial charge is 0.507 e. The number of phenols is 1. The first kappa shape index (κ1) is 30.9. The van der Waals surface area contributed by atoms with Crippen LogP contribution in [0, 0.1) is 5.92 Å². The summed E-state index contributed by atoms with van der Waals surface area (Å²) in [6.07, 6.45) is 6.11. The molecule has 0 bridgehead atoms. The number of hydrogen-bond donors (Lipinski definition) is 1. The molecule has 1 aliphatic carbocycles. The summed E-state index contributed by atoms with van der Waals surface area (Å²) in [4.78, 5) is 47.3. The molecule has 1 N–H and O–H groups in total. The van der Waals surface area contributed by atoms with E-state index < -0.39 is 11.9 Å². The number of carbonyl (C=O) groups is 4. The van der Waals surface area contributed by atoms with Gasteiger partial charge in [-0.15, -0.1) is 11.6 Å². The maximum Gasteiger partial charge on any atom is 0.338 e. The Morgan fingerprint density at radius 1 is 0.900 bits per heavy atom. The van der Waals surface area contributed by atoms with Crippen molar-refractivity contribution in [3.05, 3.63) is 53.6 Å². The molecule has 0 saturated heterocycles. The number of aromatic hydroxyl groups is 1. The van der Waals surface area contributed by atoms with Crippen molar-refractivity contribution >= 4 is 35.8 Å². The fourth-order valence-corrected chi connectivity index (χ4v) is 4.45. The second-order valence-corrected chi connectivity index (χ2v) is 9.96. The van der Waals surface area contributed by atoms with Crippen molar-refractivity contribution < 1.29 is 43.2 Å². The number of hydrogen-bond acceptors (Lipinski definition) is 9. The Kier molecular flexibility index (Phi) is 12.8. The zero-order chi connectivity index (χ0) is 28.7. The van der Waals surface area contributed by atoms with Crippen LogP contribution in [-0.2, 0) is 19.1 Å². The predicted octanol–water partition coefficient (Wildman–Crippen LogP) is 5.64. The van der Waals surface area contributed by atoms with Gasteiger partial charge in [-0.25, -0.2) is 4.79 Å². The van der Waals surface area contributed by atoms with Gasteiger partial charge in [-0.2, -0.15) is 0 Å². The smallest absolute Gasteiger partial charge is 0.338 e. The normalized spacial score (nSPS) is 16.5. The van der Waals surface area contributed by atoms with E-state index in [0.29, 0.717) is 56.5 Å². The van der Waals surface area contributed by atoms with Gasteiger partial charge in [-0.05, 0) is 93.8 Å². The monoisotopic (exact) mass is 574 g/mol. The van der Waals surface area contributed by atoms with Crippen LogP contribution in [0.1, 0.15) is 78.5 Å². The zero-order valence-corrected chi connectivity index (χ0v) is 23.1. The van der Waals surface area contributed by atoms with E-state index >= 15 is 0 Å². The molecule has 0 radical (unpaired) electrons. The summed E-state index contributed by atoms with van der Waals surface area (Å²) < 4.78 is 21.8. The number of phenolic OH excluding ortho intramolecular Hbond substituents is 1. The van der Waals surface area contributed by atoms with E-state index in [4.69, 9.17) is 30.5 Å². The Bertz CT molecular complexity index is 1120. The van der Waals surface area contributed by atoms with Gasteiger partial charge in [0.15, 0.2) is 6.29 Å². The average molecular weight is 575 g/mol. The summed E-state index contributed by atoms with van der Waals surface area (Å²) in [6.45, 7) is 0.958. The summed E-state index contributed by atoms with van der Waals surface area (Å²) in [6, 6.07) is 10.9. The molecule has 1 aliphatic rings. The highest BCUT2D eigenvalue weighted by Crippen LogP contribution is 2.29. The van der Waals surface area contributed by atoms with Gasteiger partial charge in [0.2, 0.25) is 0 Å². The van der Waals surface area contributed by atoms with Crippen LogP contribution < -0.4 is 9.47 Å². The molecular formula is C30H35ClO9. The number of rotatable bonds is 15. The standard InChI is InChI=1S/C30H35ClO9/c31-16-15-28(34)38-18-4-2-1-3-17-37-24-9-5-21(6-10-24)29(35)39-25-11-7-22(8-12-25)30(36)40-26-13-14-27(33)23(19-26)20-32/h5-6,9-10,13-14,19-20,22,25,33H,1-4,7-8,11-12,15-18H2. The van der Waals surface area contributed by atoms with Crippen LogP contribution in [-0.4, -0.2) is 54.5 Å². The fourth-order valence-electron chi connectivity index (χ4n) is 4.30. The van der Waals surface area contributed by atoms with Crippen molar-refractivity contribution in [3.8, 4) is 17.2 Å². The number of ether oxygens (including phenoxy) is 4. The molecule has 0 amide bonds. The second-order valence-electron chi connectivity index (χ2n) is 9.59. The van der Waals surface area contributed by atoms with E-state index in [0.717, 1.165) is 25.7 Å². The maximum absolute atomic E-state index is 12.6. The molecule has 3 rings (SSSR count). The van der Waals surface area contributed by atoms with E-state index in [1.807, 2.05) is 0 Å². The molecule has 0 atom stereocenters. The van der Waals surface area contributed by atoms with Gasteiger partial charge in [0.05, 0.1) is 36.7 Å². The van der Waals surface area contributed by atoms with Crippen LogP contribution in [0.15, 0.2) is 42.5 Å². The van der Waals surface area contributed by atoms with Crippen LogP contribution in [0.4, 0.5) is 0 Å². The van der Waals surface area contributed by atoms with Crippen molar-refractivity contribution in [2.45, 2.75) is 63.9 Å². The van der Waals surface area contributed by atoms with Gasteiger partial charge >= 0.3 is 17.9 Å².